The van der Waals surface area contributed by atoms with Gasteiger partial charge >= 0.3 is 0 Å². The Labute approximate surface area is 92.4 Å². The van der Waals surface area contributed by atoms with Gasteiger partial charge in [0, 0.05) is 22.2 Å². The molecule has 0 aliphatic heterocycles. The van der Waals surface area contributed by atoms with Crippen LogP contribution in [-0.2, 0) is 4.79 Å². The maximum atomic E-state index is 11.8. The van der Waals surface area contributed by atoms with Gasteiger partial charge in [0.15, 0.2) is 5.78 Å². The maximum absolute atomic E-state index is 11.8. The van der Waals surface area contributed by atoms with Crippen LogP contribution in [0.3, 0.4) is 0 Å². The first kappa shape index (κ1) is 10.4. The van der Waals surface area contributed by atoms with Gasteiger partial charge in [-0.15, -0.1) is 0 Å². The largest absolute Gasteiger partial charge is 0.369 e. The fourth-order valence-corrected chi connectivity index (χ4v) is 1.88. The van der Waals surface area contributed by atoms with Crippen LogP contribution in [0, 0.1) is 6.92 Å². The Balaban J connectivity index is 2.55. The van der Waals surface area contributed by atoms with Crippen LogP contribution in [0.1, 0.15) is 22.5 Å². The minimum Gasteiger partial charge on any atom is -0.369 e. The molecular weight excluding hydrogens is 204 g/mol. The molecule has 82 valence electrons. The molecule has 2 rings (SSSR count). The van der Waals surface area contributed by atoms with E-state index in [0.717, 1.165) is 16.6 Å². The number of nitrogens with one attached hydrogen (secondary N) is 1. The van der Waals surface area contributed by atoms with E-state index in [4.69, 9.17) is 5.73 Å². The molecule has 0 unspecified atom stereocenters. The number of H-pyrrole nitrogens is 1. The summed E-state index contributed by atoms with van der Waals surface area (Å²) in [5, 5.41) is 0.839. The first-order valence-corrected chi connectivity index (χ1v) is 4.98. The predicted molar refractivity (Wildman–Crippen MR) is 61.2 cm³/mol. The third-order valence-electron chi connectivity index (χ3n) is 2.51. The Bertz CT molecular complexity index is 569. The van der Waals surface area contributed by atoms with Gasteiger partial charge in [0.1, 0.15) is 0 Å². The number of fused-ring (bicyclic) bond motifs is 1. The van der Waals surface area contributed by atoms with Crippen molar-refractivity contribution in [3.05, 3.63) is 35.5 Å². The minimum atomic E-state index is -0.602. The Morgan fingerprint density at radius 1 is 1.31 bits per heavy atom. The molecule has 0 fully saturated rings. The Hall–Kier alpha value is -2.10. The van der Waals surface area contributed by atoms with Gasteiger partial charge in [-0.2, -0.15) is 0 Å². The molecule has 0 aliphatic rings. The zero-order chi connectivity index (χ0) is 11.7. The van der Waals surface area contributed by atoms with E-state index < -0.39 is 5.91 Å². The van der Waals surface area contributed by atoms with Crippen molar-refractivity contribution < 1.29 is 9.59 Å². The number of rotatable bonds is 3. The van der Waals surface area contributed by atoms with Crippen LogP contribution in [-0.4, -0.2) is 16.7 Å². The highest BCUT2D eigenvalue weighted by Gasteiger charge is 2.16. The molecule has 0 spiro atoms. The number of aromatic amines is 1. The Morgan fingerprint density at radius 3 is 2.69 bits per heavy atom. The number of benzene rings is 1. The number of para-hydroxylation sites is 1. The number of aryl methyl sites for hydroxylation is 1. The van der Waals surface area contributed by atoms with Crippen LogP contribution in [0.4, 0.5) is 0 Å². The quantitative estimate of drug-likeness (QED) is 0.603. The molecule has 4 heteroatoms. The molecule has 1 heterocycles. The fraction of sp³-hybridized carbons (Fsp3) is 0.167. The smallest absolute Gasteiger partial charge is 0.225 e. The van der Waals surface area contributed by atoms with Gasteiger partial charge in [0.05, 0.1) is 6.42 Å². The lowest BCUT2D eigenvalue weighted by Gasteiger charge is -1.98. The number of ketones is 1. The fourth-order valence-electron chi connectivity index (χ4n) is 1.88. The molecule has 0 bridgehead atoms. The van der Waals surface area contributed by atoms with Crippen molar-refractivity contribution in [2.24, 2.45) is 5.73 Å². The molecule has 16 heavy (non-hydrogen) atoms. The molecule has 0 aliphatic carbocycles. The molecule has 2 aromatic rings. The van der Waals surface area contributed by atoms with Gasteiger partial charge in [0.2, 0.25) is 5.91 Å². The zero-order valence-electron chi connectivity index (χ0n) is 8.91. The second kappa shape index (κ2) is 3.81. The highest BCUT2D eigenvalue weighted by molar-refractivity contribution is 6.14. The van der Waals surface area contributed by atoms with Crippen molar-refractivity contribution in [3.63, 3.8) is 0 Å². The summed E-state index contributed by atoms with van der Waals surface area (Å²) in [6.45, 7) is 1.81. The number of nitrogens with two attached hydrogens (primary N) is 1. The summed E-state index contributed by atoms with van der Waals surface area (Å²) in [5.74, 6) is -0.836. The van der Waals surface area contributed by atoms with Gasteiger partial charge in [-0.25, -0.2) is 0 Å². The second-order valence-electron chi connectivity index (χ2n) is 3.74. The average Bonchev–Trinajstić information content (AvgIpc) is 2.52. The van der Waals surface area contributed by atoms with E-state index in [1.54, 1.807) is 0 Å². The zero-order valence-corrected chi connectivity index (χ0v) is 8.91. The number of aromatic nitrogens is 1. The number of Topliss-reactive ketones (excluding diaryl/α,β-unsaturated/α-hetero) is 1. The van der Waals surface area contributed by atoms with Gasteiger partial charge in [-0.05, 0) is 13.0 Å². The first-order chi connectivity index (χ1) is 7.59. The van der Waals surface area contributed by atoms with Crippen molar-refractivity contribution in [2.75, 3.05) is 0 Å². The van der Waals surface area contributed by atoms with Crippen molar-refractivity contribution >= 4 is 22.6 Å². The van der Waals surface area contributed by atoms with Gasteiger partial charge < -0.3 is 10.7 Å². The Morgan fingerprint density at radius 2 is 2.00 bits per heavy atom. The average molecular weight is 216 g/mol. The van der Waals surface area contributed by atoms with Crippen LogP contribution in [0.5, 0.6) is 0 Å². The third kappa shape index (κ3) is 1.69. The number of amides is 1. The van der Waals surface area contributed by atoms with E-state index in [0.29, 0.717) is 5.56 Å². The van der Waals surface area contributed by atoms with Gasteiger partial charge in [0.25, 0.3) is 0 Å². The molecule has 3 N–H and O–H groups in total. The maximum Gasteiger partial charge on any atom is 0.225 e. The molecule has 1 aromatic heterocycles. The molecular formula is C12H12N2O2. The summed E-state index contributed by atoms with van der Waals surface area (Å²) >= 11 is 0. The van der Waals surface area contributed by atoms with E-state index >= 15 is 0 Å². The van der Waals surface area contributed by atoms with Crippen molar-refractivity contribution in [2.45, 2.75) is 13.3 Å². The summed E-state index contributed by atoms with van der Waals surface area (Å²) in [4.78, 5) is 25.7. The molecule has 1 amide bonds. The van der Waals surface area contributed by atoms with Crippen molar-refractivity contribution in [1.29, 1.82) is 0 Å². The van der Waals surface area contributed by atoms with E-state index in [1.165, 1.54) is 0 Å². The predicted octanol–water partition coefficient (Wildman–Crippen LogP) is 1.53. The number of hydrogen-bond acceptors (Lipinski definition) is 2. The monoisotopic (exact) mass is 216 g/mol. The topological polar surface area (TPSA) is 75.9 Å². The minimum absolute atomic E-state index is 0.234. The van der Waals surface area contributed by atoms with Crippen molar-refractivity contribution in [3.8, 4) is 0 Å². The number of carbonyl (C=O) groups is 2. The van der Waals surface area contributed by atoms with Crippen molar-refractivity contribution in [1.82, 2.24) is 4.98 Å². The van der Waals surface area contributed by atoms with E-state index in [1.807, 2.05) is 31.2 Å². The number of carbonyl (C=O) groups excluding carboxylic acids is 2. The Kier molecular flexibility index (Phi) is 2.48. The third-order valence-corrected chi connectivity index (χ3v) is 2.51. The molecule has 4 nitrogen and oxygen atoms in total. The molecule has 0 saturated carbocycles. The van der Waals surface area contributed by atoms with Crippen LogP contribution >= 0.6 is 0 Å². The highest BCUT2D eigenvalue weighted by atomic mass is 16.2. The van der Waals surface area contributed by atoms with Gasteiger partial charge in [-0.1, -0.05) is 18.2 Å². The lowest BCUT2D eigenvalue weighted by Crippen LogP contribution is -2.16. The summed E-state index contributed by atoms with van der Waals surface area (Å²) in [7, 11) is 0. The van der Waals surface area contributed by atoms with E-state index in [-0.39, 0.29) is 12.2 Å². The summed E-state index contributed by atoms with van der Waals surface area (Å²) in [5.41, 5.74) is 7.25. The summed E-state index contributed by atoms with van der Waals surface area (Å²) < 4.78 is 0. The SMILES string of the molecule is Cc1[nH]c2ccccc2c1C(=O)CC(N)=O. The second-order valence-corrected chi connectivity index (χ2v) is 3.74. The lowest BCUT2D eigenvalue weighted by molar-refractivity contribution is -0.117. The molecule has 1 aromatic carbocycles. The van der Waals surface area contributed by atoms with Gasteiger partial charge in [-0.3, -0.25) is 9.59 Å². The lowest BCUT2D eigenvalue weighted by atomic mass is 10.0. The molecule has 0 radical (unpaired) electrons. The van der Waals surface area contributed by atoms with Crippen LogP contribution in [0.15, 0.2) is 24.3 Å². The van der Waals surface area contributed by atoms with Crippen LogP contribution < -0.4 is 5.73 Å². The van der Waals surface area contributed by atoms with Crippen LogP contribution in [0.25, 0.3) is 10.9 Å². The highest BCUT2D eigenvalue weighted by Crippen LogP contribution is 2.22. The normalized spacial score (nSPS) is 10.6. The number of hydrogen-bond donors (Lipinski definition) is 2. The van der Waals surface area contributed by atoms with Crippen LogP contribution in [0.2, 0.25) is 0 Å². The van der Waals surface area contributed by atoms with E-state index in [2.05, 4.69) is 4.98 Å². The summed E-state index contributed by atoms with van der Waals surface area (Å²) in [6.07, 6.45) is -0.247. The van der Waals surface area contributed by atoms with E-state index in [9.17, 15) is 9.59 Å². The standard InChI is InChI=1S/C12H12N2O2/c1-7-12(10(15)6-11(13)16)8-4-2-3-5-9(8)14-7/h2-5,14H,6H2,1H3,(H2,13,16). The molecule has 0 saturated heterocycles. The molecule has 0 atom stereocenters. The first-order valence-electron chi connectivity index (χ1n) is 4.98. The number of primary amides is 1. The summed E-state index contributed by atoms with van der Waals surface area (Å²) in [6, 6.07) is 7.49.